The molecule has 1 aromatic heterocycles. The zero-order chi connectivity index (χ0) is 17.5. The van der Waals surface area contributed by atoms with Gasteiger partial charge in [0.05, 0.1) is 18.8 Å². The summed E-state index contributed by atoms with van der Waals surface area (Å²) < 4.78 is 7.86. The first kappa shape index (κ1) is 17.3. The van der Waals surface area contributed by atoms with Crippen LogP contribution in [0.25, 0.3) is 0 Å². The Labute approximate surface area is 148 Å². The van der Waals surface area contributed by atoms with Gasteiger partial charge in [-0.25, -0.2) is 9.78 Å². The first-order chi connectivity index (χ1) is 12.2. The van der Waals surface area contributed by atoms with Crippen LogP contribution in [0.1, 0.15) is 36.3 Å². The molecule has 25 heavy (non-hydrogen) atoms. The van der Waals surface area contributed by atoms with Gasteiger partial charge in [-0.3, -0.25) is 0 Å². The summed E-state index contributed by atoms with van der Waals surface area (Å²) in [4.78, 5) is 16.4. The molecule has 1 aromatic carbocycles. The zero-order valence-electron chi connectivity index (χ0n) is 14.8. The number of aromatic nitrogens is 2. The van der Waals surface area contributed by atoms with Gasteiger partial charge in [-0.2, -0.15) is 0 Å². The summed E-state index contributed by atoms with van der Waals surface area (Å²) in [6.45, 7) is 4.70. The molecule has 2 heterocycles. The summed E-state index contributed by atoms with van der Waals surface area (Å²) in [5, 5.41) is 5.71. The predicted molar refractivity (Wildman–Crippen MR) is 96.7 cm³/mol. The highest BCUT2D eigenvalue weighted by Crippen LogP contribution is 2.14. The molecule has 0 spiro atoms. The molecule has 0 saturated heterocycles. The van der Waals surface area contributed by atoms with Gasteiger partial charge in [0.1, 0.15) is 11.6 Å². The number of nitrogens with zero attached hydrogens (tertiary/aromatic N) is 2. The van der Waals surface area contributed by atoms with Gasteiger partial charge in [0, 0.05) is 25.7 Å². The van der Waals surface area contributed by atoms with Crippen molar-refractivity contribution >= 4 is 6.03 Å². The number of fused-ring (bicyclic) bond motifs is 1. The number of hydrogen-bond donors (Lipinski definition) is 2. The van der Waals surface area contributed by atoms with Crippen LogP contribution in [0.15, 0.2) is 30.5 Å². The minimum absolute atomic E-state index is 0.165. The molecule has 0 fully saturated rings. The summed E-state index contributed by atoms with van der Waals surface area (Å²) in [5.74, 6) is 2.00. The molecule has 1 aliphatic rings. The van der Waals surface area contributed by atoms with E-state index in [1.165, 1.54) is 18.4 Å². The third kappa shape index (κ3) is 5.24. The maximum absolute atomic E-state index is 11.8. The van der Waals surface area contributed by atoms with E-state index in [0.717, 1.165) is 36.7 Å². The van der Waals surface area contributed by atoms with Crippen molar-refractivity contribution in [3.8, 4) is 5.75 Å². The average molecular weight is 342 g/mol. The van der Waals surface area contributed by atoms with E-state index in [-0.39, 0.29) is 6.03 Å². The molecule has 0 bridgehead atoms. The number of aryl methyl sites for hydroxylation is 3. The molecule has 2 N–H and O–H groups in total. The highest BCUT2D eigenvalue weighted by atomic mass is 16.5. The normalized spacial score (nSPS) is 13.2. The minimum Gasteiger partial charge on any atom is -0.494 e. The van der Waals surface area contributed by atoms with Crippen LogP contribution in [0.2, 0.25) is 0 Å². The fraction of sp³-hybridized carbons (Fsp3) is 0.474. The standard InChI is InChI=1S/C19H26N4O2/c1-15-6-4-7-17(12-15)25-11-5-9-20-19(24)21-13-16-14-23-10-3-2-8-18(23)22-16/h4,6-7,12,14H,2-3,5,8-11,13H2,1H3,(H2,20,21,24). The molecule has 0 unspecified atom stereocenters. The van der Waals surface area contributed by atoms with Gasteiger partial charge in [-0.1, -0.05) is 12.1 Å². The average Bonchev–Trinajstić information content (AvgIpc) is 3.03. The van der Waals surface area contributed by atoms with Crippen molar-refractivity contribution in [2.75, 3.05) is 13.2 Å². The Morgan fingerprint density at radius 1 is 1.32 bits per heavy atom. The second-order valence-electron chi connectivity index (χ2n) is 6.43. The van der Waals surface area contributed by atoms with Gasteiger partial charge in [0.25, 0.3) is 0 Å². The third-order valence-electron chi connectivity index (χ3n) is 4.25. The first-order valence-electron chi connectivity index (χ1n) is 8.97. The molecule has 0 aliphatic carbocycles. The first-order valence-corrected chi connectivity index (χ1v) is 8.97. The Hall–Kier alpha value is -2.50. The molecule has 0 radical (unpaired) electrons. The maximum Gasteiger partial charge on any atom is 0.315 e. The monoisotopic (exact) mass is 342 g/mol. The number of ether oxygens (including phenoxy) is 1. The van der Waals surface area contributed by atoms with Crippen LogP contribution in [-0.4, -0.2) is 28.7 Å². The van der Waals surface area contributed by atoms with Crippen molar-refractivity contribution in [2.24, 2.45) is 0 Å². The van der Waals surface area contributed by atoms with Crippen molar-refractivity contribution in [1.29, 1.82) is 0 Å². The summed E-state index contributed by atoms with van der Waals surface area (Å²) in [6.07, 6.45) is 6.26. The zero-order valence-corrected chi connectivity index (χ0v) is 14.8. The summed E-state index contributed by atoms with van der Waals surface area (Å²) in [6, 6.07) is 7.79. The quantitative estimate of drug-likeness (QED) is 0.760. The van der Waals surface area contributed by atoms with E-state index >= 15 is 0 Å². The van der Waals surface area contributed by atoms with Crippen molar-refractivity contribution < 1.29 is 9.53 Å². The maximum atomic E-state index is 11.8. The highest BCUT2D eigenvalue weighted by Gasteiger charge is 2.12. The van der Waals surface area contributed by atoms with Crippen molar-refractivity contribution in [1.82, 2.24) is 20.2 Å². The largest absolute Gasteiger partial charge is 0.494 e. The van der Waals surface area contributed by atoms with E-state index in [0.29, 0.717) is 19.7 Å². The Balaban J connectivity index is 1.30. The Kier molecular flexibility index (Phi) is 5.93. The van der Waals surface area contributed by atoms with E-state index < -0.39 is 0 Å². The number of amides is 2. The number of benzene rings is 1. The van der Waals surface area contributed by atoms with Gasteiger partial charge < -0.3 is 19.9 Å². The molecule has 2 aromatic rings. The number of urea groups is 1. The van der Waals surface area contributed by atoms with Crippen LogP contribution in [0, 0.1) is 6.92 Å². The molecule has 2 amide bonds. The van der Waals surface area contributed by atoms with Gasteiger partial charge in [0.2, 0.25) is 0 Å². The van der Waals surface area contributed by atoms with Crippen LogP contribution in [0.5, 0.6) is 5.75 Å². The lowest BCUT2D eigenvalue weighted by atomic mass is 10.2. The number of carbonyl (C=O) groups is 1. The predicted octanol–water partition coefficient (Wildman–Crippen LogP) is 2.80. The van der Waals surface area contributed by atoms with Gasteiger partial charge >= 0.3 is 6.03 Å². The Morgan fingerprint density at radius 3 is 3.08 bits per heavy atom. The van der Waals surface area contributed by atoms with E-state index in [4.69, 9.17) is 4.74 Å². The number of hydrogen-bond acceptors (Lipinski definition) is 3. The van der Waals surface area contributed by atoms with Gasteiger partial charge in [0.15, 0.2) is 0 Å². The molecule has 3 rings (SSSR count). The lowest BCUT2D eigenvalue weighted by molar-refractivity contribution is 0.238. The molecular formula is C19H26N4O2. The van der Waals surface area contributed by atoms with Crippen molar-refractivity contribution in [2.45, 2.75) is 45.7 Å². The van der Waals surface area contributed by atoms with E-state index in [9.17, 15) is 4.79 Å². The van der Waals surface area contributed by atoms with E-state index in [1.54, 1.807) is 0 Å². The van der Waals surface area contributed by atoms with Crippen LogP contribution in [-0.2, 0) is 19.5 Å². The topological polar surface area (TPSA) is 68.2 Å². The van der Waals surface area contributed by atoms with Gasteiger partial charge in [-0.15, -0.1) is 0 Å². The summed E-state index contributed by atoms with van der Waals surface area (Å²) in [7, 11) is 0. The second kappa shape index (κ2) is 8.55. The number of rotatable bonds is 7. The number of carbonyl (C=O) groups excluding carboxylic acids is 1. The number of nitrogens with one attached hydrogen (secondary N) is 2. The lowest BCUT2D eigenvalue weighted by Gasteiger charge is -2.11. The van der Waals surface area contributed by atoms with Crippen molar-refractivity contribution in [3.05, 3.63) is 47.5 Å². The molecule has 134 valence electrons. The van der Waals surface area contributed by atoms with Crippen molar-refractivity contribution in [3.63, 3.8) is 0 Å². The minimum atomic E-state index is -0.165. The van der Waals surface area contributed by atoms with Crippen LogP contribution >= 0.6 is 0 Å². The molecular weight excluding hydrogens is 316 g/mol. The third-order valence-corrected chi connectivity index (χ3v) is 4.25. The SMILES string of the molecule is Cc1cccc(OCCCNC(=O)NCc2cn3c(n2)CCCC3)c1. The summed E-state index contributed by atoms with van der Waals surface area (Å²) in [5.41, 5.74) is 2.10. The fourth-order valence-electron chi connectivity index (χ4n) is 2.96. The van der Waals surface area contributed by atoms with Crippen LogP contribution in [0.4, 0.5) is 4.79 Å². The molecule has 6 heteroatoms. The van der Waals surface area contributed by atoms with Crippen LogP contribution < -0.4 is 15.4 Å². The Morgan fingerprint density at radius 2 is 2.24 bits per heavy atom. The summed E-state index contributed by atoms with van der Waals surface area (Å²) >= 11 is 0. The molecule has 1 aliphatic heterocycles. The fourth-order valence-corrected chi connectivity index (χ4v) is 2.96. The molecule has 0 saturated carbocycles. The highest BCUT2D eigenvalue weighted by molar-refractivity contribution is 5.73. The second-order valence-corrected chi connectivity index (χ2v) is 6.43. The molecule has 6 nitrogen and oxygen atoms in total. The van der Waals surface area contributed by atoms with Crippen LogP contribution in [0.3, 0.4) is 0 Å². The lowest BCUT2D eigenvalue weighted by Crippen LogP contribution is -2.36. The van der Waals surface area contributed by atoms with E-state index in [2.05, 4.69) is 20.2 Å². The Bertz CT molecular complexity index is 688. The smallest absolute Gasteiger partial charge is 0.315 e. The number of imidazole rings is 1. The van der Waals surface area contributed by atoms with Gasteiger partial charge in [-0.05, 0) is 43.9 Å². The molecule has 0 atom stereocenters. The van der Waals surface area contributed by atoms with E-state index in [1.807, 2.05) is 37.4 Å².